The van der Waals surface area contributed by atoms with E-state index in [4.69, 9.17) is 9.47 Å². The monoisotopic (exact) mass is 328 g/mol. The molecule has 0 bridgehead atoms. The molecule has 1 aromatic carbocycles. The number of benzene rings is 1. The summed E-state index contributed by atoms with van der Waals surface area (Å²) < 4.78 is 11.0. The van der Waals surface area contributed by atoms with E-state index >= 15 is 0 Å². The first kappa shape index (κ1) is 18.6. The minimum atomic E-state index is -0.0202. The second-order valence-corrected chi connectivity index (χ2v) is 5.17. The number of nitrogens with one attached hydrogen (secondary N) is 2. The maximum atomic E-state index is 12.5. The van der Waals surface area contributed by atoms with Crippen LogP contribution in [0.2, 0.25) is 0 Å². The average molecular weight is 329 g/mol. The number of carbonyl (C=O) groups is 1. The summed E-state index contributed by atoms with van der Waals surface area (Å²) in [5.41, 5.74) is 0.759. The van der Waals surface area contributed by atoms with Gasteiger partial charge in [-0.1, -0.05) is 6.92 Å². The zero-order valence-electron chi connectivity index (χ0n) is 13.4. The van der Waals surface area contributed by atoms with Crippen LogP contribution in [0.15, 0.2) is 18.2 Å². The van der Waals surface area contributed by atoms with E-state index in [1.54, 1.807) is 0 Å². The number of likely N-dealkylation sites (N-methyl/N-ethyl adjacent to an activating group) is 1. The van der Waals surface area contributed by atoms with Crippen LogP contribution in [0.1, 0.15) is 27.2 Å². The molecule has 2 rings (SSSR count). The van der Waals surface area contributed by atoms with Crippen molar-refractivity contribution in [2.45, 2.75) is 33.2 Å². The molecule has 1 aliphatic heterocycles. The summed E-state index contributed by atoms with van der Waals surface area (Å²) in [6, 6.07) is 5.51. The van der Waals surface area contributed by atoms with Gasteiger partial charge in [0.25, 0.3) is 5.91 Å². The van der Waals surface area contributed by atoms with Crippen LogP contribution in [0.3, 0.4) is 0 Å². The predicted octanol–water partition coefficient (Wildman–Crippen LogP) is -1.90. The van der Waals surface area contributed by atoms with E-state index in [0.717, 1.165) is 30.9 Å². The molecule has 0 aliphatic carbocycles. The molecule has 0 aromatic heterocycles. The van der Waals surface area contributed by atoms with Crippen molar-refractivity contribution in [2.75, 3.05) is 31.6 Å². The smallest absolute Gasteiger partial charge is 0.282 e. The summed E-state index contributed by atoms with van der Waals surface area (Å²) in [6.45, 7) is 9.29. The number of rotatable bonds is 6. The zero-order valence-corrected chi connectivity index (χ0v) is 14.2. The summed E-state index contributed by atoms with van der Waals surface area (Å²) in [7, 11) is 0. The van der Waals surface area contributed by atoms with Gasteiger partial charge in [0, 0.05) is 18.2 Å². The molecule has 0 spiro atoms. The van der Waals surface area contributed by atoms with E-state index in [1.807, 2.05) is 18.2 Å². The highest BCUT2D eigenvalue weighted by Crippen LogP contribution is 2.32. The van der Waals surface area contributed by atoms with Gasteiger partial charge in [-0.3, -0.25) is 4.79 Å². The lowest BCUT2D eigenvalue weighted by Crippen LogP contribution is -3.16. The third-order valence-electron chi connectivity index (χ3n) is 3.94. The number of halogens is 1. The summed E-state index contributed by atoms with van der Waals surface area (Å²) in [6.07, 6.45) is 0.827. The lowest BCUT2D eigenvalue weighted by atomic mass is 10.1. The van der Waals surface area contributed by atoms with Gasteiger partial charge in [0.05, 0.1) is 13.1 Å². The molecule has 0 fully saturated rings. The topological polar surface area (TPSA) is 52.0 Å². The first-order valence-electron chi connectivity index (χ1n) is 7.74. The van der Waals surface area contributed by atoms with E-state index in [0.29, 0.717) is 19.0 Å². The quantitative estimate of drug-likeness (QED) is 0.642. The van der Waals surface area contributed by atoms with Gasteiger partial charge in [-0.25, -0.2) is 0 Å². The maximum Gasteiger partial charge on any atom is 0.282 e. The first-order chi connectivity index (χ1) is 10.2. The molecule has 1 atom stereocenters. The summed E-state index contributed by atoms with van der Waals surface area (Å²) in [5, 5.41) is 3.00. The predicted molar refractivity (Wildman–Crippen MR) is 82.2 cm³/mol. The van der Waals surface area contributed by atoms with Gasteiger partial charge in [0.1, 0.15) is 13.2 Å². The number of carbonyl (C=O) groups excluding carboxylic acids is 1. The highest BCUT2D eigenvalue weighted by molar-refractivity contribution is 5.94. The molecule has 1 amide bonds. The van der Waals surface area contributed by atoms with Crippen LogP contribution in [-0.2, 0) is 4.79 Å². The molecule has 6 heteroatoms. The number of hydrogen-bond donors (Lipinski definition) is 2. The Labute approximate surface area is 138 Å². The number of amides is 1. The lowest BCUT2D eigenvalue weighted by molar-refractivity contribution is -0.912. The van der Waals surface area contributed by atoms with E-state index in [2.05, 4.69) is 26.1 Å². The van der Waals surface area contributed by atoms with Gasteiger partial charge in [0.2, 0.25) is 0 Å². The molecule has 1 aliphatic rings. The Morgan fingerprint density at radius 2 is 1.82 bits per heavy atom. The molecule has 0 radical (unpaired) electrons. The van der Waals surface area contributed by atoms with Gasteiger partial charge in [-0.2, -0.15) is 0 Å². The number of fused-ring (bicyclic) bond motifs is 1. The Morgan fingerprint density at radius 1 is 1.18 bits per heavy atom. The summed E-state index contributed by atoms with van der Waals surface area (Å²) in [5.74, 6) is 1.50. The summed E-state index contributed by atoms with van der Waals surface area (Å²) >= 11 is 0. The highest BCUT2D eigenvalue weighted by atomic mass is 35.5. The lowest BCUT2D eigenvalue weighted by Gasteiger charge is -2.25. The molecule has 124 valence electrons. The number of ether oxygens (including phenoxy) is 2. The van der Waals surface area contributed by atoms with Crippen LogP contribution in [0, 0.1) is 0 Å². The van der Waals surface area contributed by atoms with Crippen LogP contribution in [-0.4, -0.2) is 38.3 Å². The maximum absolute atomic E-state index is 12.5. The van der Waals surface area contributed by atoms with E-state index < -0.39 is 0 Å². The van der Waals surface area contributed by atoms with Gasteiger partial charge in [-0.05, 0) is 26.0 Å². The molecule has 22 heavy (non-hydrogen) atoms. The second-order valence-electron chi connectivity index (χ2n) is 5.17. The van der Waals surface area contributed by atoms with Crippen LogP contribution >= 0.6 is 0 Å². The van der Waals surface area contributed by atoms with Crippen LogP contribution in [0.5, 0.6) is 11.5 Å². The molecule has 0 saturated carbocycles. The van der Waals surface area contributed by atoms with E-state index in [9.17, 15) is 4.79 Å². The standard InChI is InChI=1S/C16H24N2O3.ClH/c1-4-13(18(5-2)6-3)16(19)17-12-7-8-14-15(11-12)21-10-9-20-14;/h7-8,11,13H,4-6,9-10H2,1-3H3,(H,17,19);1H. The van der Waals surface area contributed by atoms with E-state index in [-0.39, 0.29) is 24.4 Å². The Morgan fingerprint density at radius 3 is 2.41 bits per heavy atom. The number of anilines is 1. The van der Waals surface area contributed by atoms with Gasteiger partial charge in [0.15, 0.2) is 17.5 Å². The number of quaternary nitrogens is 1. The molecule has 2 N–H and O–H groups in total. The largest absolute Gasteiger partial charge is 1.00 e. The third-order valence-corrected chi connectivity index (χ3v) is 3.94. The molecule has 1 unspecified atom stereocenters. The van der Waals surface area contributed by atoms with Crippen molar-refractivity contribution >= 4 is 11.6 Å². The van der Waals surface area contributed by atoms with Gasteiger partial charge < -0.3 is 32.1 Å². The Hall–Kier alpha value is -1.46. The molecule has 1 aromatic rings. The zero-order chi connectivity index (χ0) is 15.2. The average Bonchev–Trinajstić information content (AvgIpc) is 2.52. The van der Waals surface area contributed by atoms with Crippen molar-refractivity contribution in [3.05, 3.63) is 18.2 Å². The SMILES string of the molecule is CCC(C(=O)Nc1ccc2c(c1)OCCO2)[NH+](CC)CC.[Cl-]. The minimum Gasteiger partial charge on any atom is -1.00 e. The van der Waals surface area contributed by atoms with Crippen molar-refractivity contribution in [1.82, 2.24) is 0 Å². The Balaban J connectivity index is 0.00000242. The van der Waals surface area contributed by atoms with Crippen molar-refractivity contribution in [2.24, 2.45) is 0 Å². The van der Waals surface area contributed by atoms with Crippen LogP contribution < -0.4 is 32.1 Å². The van der Waals surface area contributed by atoms with Crippen LogP contribution in [0.25, 0.3) is 0 Å². The van der Waals surface area contributed by atoms with Gasteiger partial charge >= 0.3 is 0 Å². The normalized spacial score (nSPS) is 14.2. The van der Waals surface area contributed by atoms with Crippen molar-refractivity contribution in [3.63, 3.8) is 0 Å². The molecular weight excluding hydrogens is 304 g/mol. The summed E-state index contributed by atoms with van der Waals surface area (Å²) in [4.78, 5) is 13.8. The fourth-order valence-corrected chi connectivity index (χ4v) is 2.75. The minimum absolute atomic E-state index is 0. The molecule has 5 nitrogen and oxygen atoms in total. The first-order valence-corrected chi connectivity index (χ1v) is 7.74. The molecule has 1 heterocycles. The second kappa shape index (κ2) is 8.86. The fourth-order valence-electron chi connectivity index (χ4n) is 2.75. The molecule has 0 saturated heterocycles. The van der Waals surface area contributed by atoms with Crippen LogP contribution in [0.4, 0.5) is 5.69 Å². The third kappa shape index (κ3) is 4.27. The van der Waals surface area contributed by atoms with Crippen molar-refractivity contribution < 1.29 is 31.6 Å². The van der Waals surface area contributed by atoms with Crippen molar-refractivity contribution in [1.29, 1.82) is 0 Å². The number of hydrogen-bond acceptors (Lipinski definition) is 3. The van der Waals surface area contributed by atoms with E-state index in [1.165, 1.54) is 4.90 Å². The van der Waals surface area contributed by atoms with Crippen molar-refractivity contribution in [3.8, 4) is 11.5 Å². The fraction of sp³-hybridized carbons (Fsp3) is 0.562. The molecular formula is C16H25ClN2O3. The highest BCUT2D eigenvalue weighted by Gasteiger charge is 2.26. The Bertz CT molecular complexity index is 492. The Kier molecular flexibility index (Phi) is 7.48. The van der Waals surface area contributed by atoms with Gasteiger partial charge in [-0.15, -0.1) is 0 Å².